The maximum atomic E-state index is 11.8. The molecule has 1 aromatic heterocycles. The minimum Gasteiger partial charge on any atom is -0.481 e. The molecule has 18 heavy (non-hydrogen) atoms. The summed E-state index contributed by atoms with van der Waals surface area (Å²) >= 11 is 0. The summed E-state index contributed by atoms with van der Waals surface area (Å²) in [5, 5.41) is 8.99. The molecule has 1 aliphatic carbocycles. The van der Waals surface area contributed by atoms with Gasteiger partial charge in [0.2, 0.25) is 0 Å². The Labute approximate surface area is 103 Å². The van der Waals surface area contributed by atoms with Crippen LogP contribution in [-0.2, 0) is 4.79 Å². The Kier molecular flexibility index (Phi) is 2.29. The first-order valence-corrected chi connectivity index (χ1v) is 6.05. The first-order valence-electron chi connectivity index (χ1n) is 6.05. The van der Waals surface area contributed by atoms with Crippen LogP contribution in [0.1, 0.15) is 37.3 Å². The Morgan fingerprint density at radius 1 is 1.50 bits per heavy atom. The van der Waals surface area contributed by atoms with Crippen molar-refractivity contribution >= 4 is 17.0 Å². The molecule has 0 amide bonds. The van der Waals surface area contributed by atoms with E-state index in [9.17, 15) is 9.59 Å². The summed E-state index contributed by atoms with van der Waals surface area (Å²) in [6.45, 7) is 1.64. The summed E-state index contributed by atoms with van der Waals surface area (Å²) in [6.07, 6.45) is 2.08. The minimum absolute atomic E-state index is 0.104. The lowest BCUT2D eigenvalue weighted by Crippen LogP contribution is -2.14. The van der Waals surface area contributed by atoms with Gasteiger partial charge in [0, 0.05) is 6.04 Å². The van der Waals surface area contributed by atoms with Gasteiger partial charge in [0.25, 0.3) is 0 Å². The molecule has 0 spiro atoms. The number of aliphatic carboxylic acids is 1. The van der Waals surface area contributed by atoms with Crippen molar-refractivity contribution in [1.82, 2.24) is 9.55 Å². The zero-order valence-corrected chi connectivity index (χ0v) is 10.0. The highest BCUT2D eigenvalue weighted by Crippen LogP contribution is 2.36. The van der Waals surface area contributed by atoms with Crippen LogP contribution in [0.15, 0.2) is 23.0 Å². The van der Waals surface area contributed by atoms with E-state index in [0.29, 0.717) is 11.6 Å². The molecule has 5 heteroatoms. The summed E-state index contributed by atoms with van der Waals surface area (Å²) in [5.74, 6) is -1.43. The molecule has 2 N–H and O–H groups in total. The maximum absolute atomic E-state index is 11.8. The average molecular weight is 246 g/mol. The van der Waals surface area contributed by atoms with Crippen LogP contribution >= 0.6 is 0 Å². The van der Waals surface area contributed by atoms with Crippen LogP contribution < -0.4 is 5.69 Å². The normalized spacial score (nSPS) is 16.9. The van der Waals surface area contributed by atoms with Crippen molar-refractivity contribution in [1.29, 1.82) is 0 Å². The number of H-pyrrole nitrogens is 1. The number of hydrogen-bond donors (Lipinski definition) is 2. The molecule has 1 aromatic carbocycles. The Morgan fingerprint density at radius 3 is 2.83 bits per heavy atom. The SMILES string of the molecule is CC(C(=O)O)c1ccc2c(c1)[nH]c(=O)n2C1CC1. The number of nitrogens with one attached hydrogen (secondary N) is 1. The second kappa shape index (κ2) is 3.73. The second-order valence-electron chi connectivity index (χ2n) is 4.87. The predicted molar refractivity (Wildman–Crippen MR) is 66.9 cm³/mol. The molecule has 0 radical (unpaired) electrons. The van der Waals surface area contributed by atoms with Gasteiger partial charge in [-0.2, -0.15) is 0 Å². The van der Waals surface area contributed by atoms with E-state index in [4.69, 9.17) is 5.11 Å². The summed E-state index contributed by atoms with van der Waals surface area (Å²) in [4.78, 5) is 25.6. The third-order valence-electron chi connectivity index (χ3n) is 3.52. The van der Waals surface area contributed by atoms with Gasteiger partial charge in [0.1, 0.15) is 0 Å². The number of nitrogens with zero attached hydrogens (tertiary/aromatic N) is 1. The predicted octanol–water partition coefficient (Wildman–Crippen LogP) is 1.85. The standard InChI is InChI=1S/C13H14N2O3/c1-7(12(16)17)8-2-5-11-10(6-8)14-13(18)15(11)9-3-4-9/h2,5-7,9H,3-4H2,1H3,(H,14,18)(H,16,17). The molecule has 0 bridgehead atoms. The number of fused-ring (bicyclic) bond motifs is 1. The number of aromatic amines is 1. The quantitative estimate of drug-likeness (QED) is 0.867. The number of rotatable bonds is 3. The molecular weight excluding hydrogens is 232 g/mol. The van der Waals surface area contributed by atoms with E-state index in [1.807, 2.05) is 6.07 Å². The lowest BCUT2D eigenvalue weighted by Gasteiger charge is -2.06. The van der Waals surface area contributed by atoms with Gasteiger partial charge in [-0.05, 0) is 37.5 Å². The van der Waals surface area contributed by atoms with Crippen molar-refractivity contribution in [3.63, 3.8) is 0 Å². The first kappa shape index (κ1) is 11.1. The number of benzene rings is 1. The second-order valence-corrected chi connectivity index (χ2v) is 4.87. The van der Waals surface area contributed by atoms with Crippen molar-refractivity contribution in [3.05, 3.63) is 34.2 Å². The number of carbonyl (C=O) groups is 1. The van der Waals surface area contributed by atoms with Gasteiger partial charge in [0.15, 0.2) is 0 Å². The van der Waals surface area contributed by atoms with Crippen LogP contribution in [-0.4, -0.2) is 20.6 Å². The number of carboxylic acid groups (broad SMARTS) is 1. The fourth-order valence-electron chi connectivity index (χ4n) is 2.26. The van der Waals surface area contributed by atoms with Crippen molar-refractivity contribution in [2.45, 2.75) is 31.7 Å². The lowest BCUT2D eigenvalue weighted by atomic mass is 10.0. The topological polar surface area (TPSA) is 75.1 Å². The highest BCUT2D eigenvalue weighted by atomic mass is 16.4. The molecule has 0 aliphatic heterocycles. The largest absolute Gasteiger partial charge is 0.481 e. The molecule has 1 unspecified atom stereocenters. The zero-order chi connectivity index (χ0) is 12.9. The molecule has 5 nitrogen and oxygen atoms in total. The van der Waals surface area contributed by atoms with Crippen molar-refractivity contribution < 1.29 is 9.90 Å². The van der Waals surface area contributed by atoms with E-state index in [1.54, 1.807) is 23.6 Å². The summed E-state index contributed by atoms with van der Waals surface area (Å²) in [5.41, 5.74) is 2.19. The molecule has 0 saturated heterocycles. The smallest absolute Gasteiger partial charge is 0.326 e. The van der Waals surface area contributed by atoms with Crippen LogP contribution in [0.5, 0.6) is 0 Å². The molecule has 1 atom stereocenters. The van der Waals surface area contributed by atoms with Gasteiger partial charge >= 0.3 is 11.7 Å². The lowest BCUT2D eigenvalue weighted by molar-refractivity contribution is -0.138. The van der Waals surface area contributed by atoms with Crippen LogP contribution in [0.4, 0.5) is 0 Å². The minimum atomic E-state index is -0.863. The Morgan fingerprint density at radius 2 is 2.22 bits per heavy atom. The molecule has 1 heterocycles. The van der Waals surface area contributed by atoms with E-state index in [0.717, 1.165) is 23.9 Å². The monoisotopic (exact) mass is 246 g/mol. The number of imidazole rings is 1. The van der Waals surface area contributed by atoms with Gasteiger partial charge in [-0.25, -0.2) is 4.79 Å². The molecule has 94 valence electrons. The number of carboxylic acids is 1. The van der Waals surface area contributed by atoms with Gasteiger partial charge in [-0.3, -0.25) is 9.36 Å². The Bertz CT molecular complexity index is 679. The average Bonchev–Trinajstić information content (AvgIpc) is 3.10. The van der Waals surface area contributed by atoms with Gasteiger partial charge in [-0.1, -0.05) is 6.07 Å². The third-order valence-corrected chi connectivity index (χ3v) is 3.52. The summed E-state index contributed by atoms with van der Waals surface area (Å²) in [6, 6.07) is 5.69. The zero-order valence-electron chi connectivity index (χ0n) is 10.0. The van der Waals surface area contributed by atoms with Crippen LogP contribution in [0.3, 0.4) is 0 Å². The molecule has 1 saturated carbocycles. The fourth-order valence-corrected chi connectivity index (χ4v) is 2.26. The van der Waals surface area contributed by atoms with Crippen molar-refractivity contribution in [2.75, 3.05) is 0 Å². The fraction of sp³-hybridized carbons (Fsp3) is 0.385. The highest BCUT2D eigenvalue weighted by Gasteiger charge is 2.27. The summed E-state index contributed by atoms with van der Waals surface area (Å²) in [7, 11) is 0. The maximum Gasteiger partial charge on any atom is 0.326 e. The van der Waals surface area contributed by atoms with E-state index < -0.39 is 11.9 Å². The van der Waals surface area contributed by atoms with Gasteiger partial charge in [0.05, 0.1) is 17.0 Å². The van der Waals surface area contributed by atoms with E-state index in [2.05, 4.69) is 4.98 Å². The molecule has 2 aromatic rings. The molecule has 3 rings (SSSR count). The van der Waals surface area contributed by atoms with E-state index >= 15 is 0 Å². The van der Waals surface area contributed by atoms with Crippen LogP contribution in [0.25, 0.3) is 11.0 Å². The summed E-state index contributed by atoms with van der Waals surface area (Å²) < 4.78 is 1.77. The van der Waals surface area contributed by atoms with Crippen molar-refractivity contribution in [2.24, 2.45) is 0 Å². The van der Waals surface area contributed by atoms with E-state index in [1.165, 1.54) is 0 Å². The van der Waals surface area contributed by atoms with Gasteiger partial charge < -0.3 is 10.1 Å². The van der Waals surface area contributed by atoms with Gasteiger partial charge in [-0.15, -0.1) is 0 Å². The Balaban J connectivity index is 2.14. The van der Waals surface area contributed by atoms with E-state index in [-0.39, 0.29) is 5.69 Å². The molecule has 1 fully saturated rings. The first-order chi connectivity index (χ1) is 8.58. The molecular formula is C13H14N2O3. The Hall–Kier alpha value is -2.04. The third kappa shape index (κ3) is 1.63. The molecule has 1 aliphatic rings. The highest BCUT2D eigenvalue weighted by molar-refractivity contribution is 5.81. The van der Waals surface area contributed by atoms with Crippen LogP contribution in [0.2, 0.25) is 0 Å². The van der Waals surface area contributed by atoms with Crippen LogP contribution in [0, 0.1) is 0 Å². The number of hydrogen-bond acceptors (Lipinski definition) is 2. The number of aromatic nitrogens is 2. The van der Waals surface area contributed by atoms with Crippen molar-refractivity contribution in [3.8, 4) is 0 Å².